The predicted octanol–water partition coefficient (Wildman–Crippen LogP) is 3.03. The molecule has 0 spiro atoms. The van der Waals surface area contributed by atoms with Crippen LogP contribution in [0.15, 0.2) is 39.1 Å². The molecule has 6 nitrogen and oxygen atoms in total. The first-order valence-electron chi connectivity index (χ1n) is 8.94. The highest BCUT2D eigenvalue weighted by Gasteiger charge is 2.22. The average molecular weight is 436 g/mol. The molecule has 0 aliphatic heterocycles. The highest BCUT2D eigenvalue weighted by atomic mass is 32.2. The highest BCUT2D eigenvalue weighted by molar-refractivity contribution is 7.98. The minimum absolute atomic E-state index is 0.0100. The van der Waals surface area contributed by atoms with E-state index in [0.717, 1.165) is 35.0 Å². The molecule has 0 saturated carbocycles. The Hall–Kier alpha value is -1.68. The second-order valence-corrected chi connectivity index (χ2v) is 11.2. The molecule has 2 aromatic heterocycles. The normalized spacial score (nSPS) is 14.1. The second-order valence-electron chi connectivity index (χ2n) is 7.02. The lowest BCUT2D eigenvalue weighted by Gasteiger charge is -2.12. The van der Waals surface area contributed by atoms with Crippen molar-refractivity contribution in [2.75, 3.05) is 14.1 Å². The molecule has 3 aromatic rings. The monoisotopic (exact) mass is 435 g/mol. The van der Waals surface area contributed by atoms with Crippen molar-refractivity contribution in [3.05, 3.63) is 50.6 Å². The van der Waals surface area contributed by atoms with Gasteiger partial charge < -0.3 is 0 Å². The predicted molar refractivity (Wildman–Crippen MR) is 114 cm³/mol. The van der Waals surface area contributed by atoms with Gasteiger partial charge in [0.25, 0.3) is 5.56 Å². The molecule has 0 radical (unpaired) electrons. The fraction of sp³-hybridized carbons (Fsp3) is 0.368. The third kappa shape index (κ3) is 3.30. The van der Waals surface area contributed by atoms with Crippen molar-refractivity contribution in [1.82, 2.24) is 13.9 Å². The van der Waals surface area contributed by atoms with Gasteiger partial charge in [-0.2, -0.15) is 0 Å². The minimum atomic E-state index is -3.47. The van der Waals surface area contributed by atoms with Crippen molar-refractivity contribution >= 4 is 43.3 Å². The number of nitrogens with zero attached hydrogens (tertiary/aromatic N) is 3. The van der Waals surface area contributed by atoms with Gasteiger partial charge >= 0.3 is 0 Å². The number of aromatic nitrogens is 2. The quantitative estimate of drug-likeness (QED) is 0.455. The fourth-order valence-corrected chi connectivity index (χ4v) is 6.58. The number of rotatable bonds is 5. The zero-order valence-corrected chi connectivity index (χ0v) is 18.4. The maximum atomic E-state index is 12.9. The maximum Gasteiger partial charge on any atom is 0.262 e. The van der Waals surface area contributed by atoms with Crippen molar-refractivity contribution in [2.45, 2.75) is 35.1 Å². The molecule has 1 aliphatic rings. The summed E-state index contributed by atoms with van der Waals surface area (Å²) in [5.41, 5.74) is 2.07. The topological polar surface area (TPSA) is 72.3 Å². The lowest BCUT2D eigenvalue weighted by molar-refractivity contribution is 0.520. The smallest absolute Gasteiger partial charge is 0.262 e. The molecule has 0 N–H and O–H groups in total. The lowest BCUT2D eigenvalue weighted by Crippen LogP contribution is -2.22. The Bertz CT molecular complexity index is 1230. The number of thioether (sulfide) groups is 1. The van der Waals surface area contributed by atoms with Gasteiger partial charge in [-0.25, -0.2) is 17.7 Å². The number of sulfonamides is 1. The largest absolute Gasteiger partial charge is 0.290 e. The third-order valence-electron chi connectivity index (χ3n) is 4.95. The molecule has 0 amide bonds. The number of benzene rings is 1. The van der Waals surface area contributed by atoms with Crippen LogP contribution in [0.4, 0.5) is 0 Å². The molecule has 0 bridgehead atoms. The summed E-state index contributed by atoms with van der Waals surface area (Å²) < 4.78 is 27.5. The van der Waals surface area contributed by atoms with Gasteiger partial charge in [0.15, 0.2) is 5.16 Å². The minimum Gasteiger partial charge on any atom is -0.290 e. The number of hydrogen-bond donors (Lipinski definition) is 0. The Labute approximate surface area is 172 Å². The van der Waals surface area contributed by atoms with E-state index in [1.807, 2.05) is 6.07 Å². The van der Waals surface area contributed by atoms with Crippen LogP contribution >= 0.6 is 23.1 Å². The third-order valence-corrected chi connectivity index (χ3v) is 9.05. The molecular formula is C19H21N3O3S3. The standard InChI is InChI=1S/C19H21N3O3S3/c1-21(2)28(24,25)13-7-4-6-12(10-13)11-26-19-20-17-16(18(23)22(19)3)14-8-5-9-15(14)27-17/h4,6-7,10H,5,8-9,11H2,1-3H3. The van der Waals surface area contributed by atoms with Crippen LogP contribution in [-0.4, -0.2) is 36.4 Å². The summed E-state index contributed by atoms with van der Waals surface area (Å²) in [7, 11) is 1.32. The van der Waals surface area contributed by atoms with E-state index in [-0.39, 0.29) is 10.5 Å². The van der Waals surface area contributed by atoms with E-state index in [1.165, 1.54) is 40.6 Å². The van der Waals surface area contributed by atoms with Gasteiger partial charge in [0.05, 0.1) is 10.3 Å². The van der Waals surface area contributed by atoms with Crippen molar-refractivity contribution in [3.8, 4) is 0 Å². The van der Waals surface area contributed by atoms with Gasteiger partial charge in [0.2, 0.25) is 10.0 Å². The van der Waals surface area contributed by atoms with Gasteiger partial charge in [-0.3, -0.25) is 9.36 Å². The van der Waals surface area contributed by atoms with Crippen LogP contribution in [0.1, 0.15) is 22.4 Å². The molecular weight excluding hydrogens is 414 g/mol. The molecule has 0 saturated heterocycles. The molecule has 0 fully saturated rings. The zero-order chi connectivity index (χ0) is 20.1. The Morgan fingerprint density at radius 2 is 2.07 bits per heavy atom. The second kappa shape index (κ2) is 7.29. The summed E-state index contributed by atoms with van der Waals surface area (Å²) in [5.74, 6) is 0.535. The number of thiophene rings is 1. The highest BCUT2D eigenvalue weighted by Crippen LogP contribution is 2.35. The van der Waals surface area contributed by atoms with E-state index in [2.05, 4.69) is 0 Å². The SMILES string of the molecule is CN(C)S(=O)(=O)c1cccc(CSc2nc3sc4c(c3c(=O)n2C)CCC4)c1. The van der Waals surface area contributed by atoms with Crippen molar-refractivity contribution < 1.29 is 8.42 Å². The molecule has 9 heteroatoms. The van der Waals surface area contributed by atoms with Gasteiger partial charge in [-0.1, -0.05) is 23.9 Å². The summed E-state index contributed by atoms with van der Waals surface area (Å²) in [5, 5.41) is 1.43. The molecule has 0 unspecified atom stereocenters. The van der Waals surface area contributed by atoms with Crippen molar-refractivity contribution in [3.63, 3.8) is 0 Å². The first-order valence-corrected chi connectivity index (χ1v) is 12.2. The van der Waals surface area contributed by atoms with E-state index >= 15 is 0 Å². The van der Waals surface area contributed by atoms with E-state index in [1.54, 1.807) is 41.2 Å². The van der Waals surface area contributed by atoms with E-state index in [0.29, 0.717) is 10.9 Å². The summed E-state index contributed by atoms with van der Waals surface area (Å²) in [6, 6.07) is 6.90. The van der Waals surface area contributed by atoms with Gasteiger partial charge in [0.1, 0.15) is 4.83 Å². The van der Waals surface area contributed by atoms with Crippen LogP contribution in [0.25, 0.3) is 10.2 Å². The van der Waals surface area contributed by atoms with E-state index < -0.39 is 10.0 Å². The lowest BCUT2D eigenvalue weighted by atomic mass is 10.2. The summed E-state index contributed by atoms with van der Waals surface area (Å²) >= 11 is 3.08. The number of aryl methyl sites for hydroxylation is 2. The van der Waals surface area contributed by atoms with Crippen LogP contribution in [-0.2, 0) is 35.7 Å². The number of fused-ring (bicyclic) bond motifs is 3. The summed E-state index contributed by atoms with van der Waals surface area (Å²) in [4.78, 5) is 20.0. The van der Waals surface area contributed by atoms with E-state index in [4.69, 9.17) is 4.98 Å². The first kappa shape index (κ1) is 19.6. The Morgan fingerprint density at radius 3 is 2.82 bits per heavy atom. The summed E-state index contributed by atoms with van der Waals surface area (Å²) in [6.07, 6.45) is 3.12. The Kier molecular flexibility index (Phi) is 5.11. The molecule has 1 aliphatic carbocycles. The van der Waals surface area contributed by atoms with Crippen molar-refractivity contribution in [2.24, 2.45) is 7.05 Å². The van der Waals surface area contributed by atoms with Crippen LogP contribution < -0.4 is 5.56 Å². The Balaban J connectivity index is 1.64. The van der Waals surface area contributed by atoms with Crippen LogP contribution in [0, 0.1) is 0 Å². The molecule has 148 valence electrons. The molecule has 2 heterocycles. The van der Waals surface area contributed by atoms with Crippen LogP contribution in [0.2, 0.25) is 0 Å². The van der Waals surface area contributed by atoms with E-state index in [9.17, 15) is 13.2 Å². The number of hydrogen-bond acceptors (Lipinski definition) is 6. The molecule has 4 rings (SSSR count). The summed E-state index contributed by atoms with van der Waals surface area (Å²) in [6.45, 7) is 0. The van der Waals surface area contributed by atoms with Gasteiger partial charge in [-0.05, 0) is 42.5 Å². The van der Waals surface area contributed by atoms with Gasteiger partial charge in [0, 0.05) is 31.8 Å². The van der Waals surface area contributed by atoms with Crippen LogP contribution in [0.5, 0.6) is 0 Å². The van der Waals surface area contributed by atoms with Crippen molar-refractivity contribution in [1.29, 1.82) is 0 Å². The maximum absolute atomic E-state index is 12.9. The molecule has 0 atom stereocenters. The zero-order valence-electron chi connectivity index (χ0n) is 15.9. The van der Waals surface area contributed by atoms with Crippen LogP contribution in [0.3, 0.4) is 0 Å². The van der Waals surface area contributed by atoms with Gasteiger partial charge in [-0.15, -0.1) is 11.3 Å². The Morgan fingerprint density at radius 1 is 1.29 bits per heavy atom. The fourth-order valence-electron chi connectivity index (χ4n) is 3.39. The molecule has 28 heavy (non-hydrogen) atoms. The average Bonchev–Trinajstić information content (AvgIpc) is 3.24. The first-order chi connectivity index (χ1) is 13.3. The molecule has 1 aromatic carbocycles.